The SMILES string of the molecule is COc1ccc(C2CCN(C(=O)c3cc4ccccc4cc3NC(=O)C3CC3)C2)cc1. The maximum Gasteiger partial charge on any atom is 0.256 e. The summed E-state index contributed by atoms with van der Waals surface area (Å²) >= 11 is 0. The Balaban J connectivity index is 1.41. The number of carbonyl (C=O) groups excluding carboxylic acids is 2. The Hall–Kier alpha value is -3.34. The van der Waals surface area contributed by atoms with Crippen LogP contribution >= 0.6 is 0 Å². The maximum absolute atomic E-state index is 13.5. The Kier molecular flexibility index (Phi) is 5.10. The molecule has 5 rings (SSSR count). The Morgan fingerprint density at radius 3 is 2.35 bits per heavy atom. The molecule has 3 aromatic carbocycles. The molecular formula is C26H26N2O3. The second-order valence-electron chi connectivity index (χ2n) is 8.52. The molecule has 158 valence electrons. The van der Waals surface area contributed by atoms with Gasteiger partial charge in [0.2, 0.25) is 5.91 Å². The van der Waals surface area contributed by atoms with Gasteiger partial charge in [0.05, 0.1) is 18.4 Å². The highest BCUT2D eigenvalue weighted by molar-refractivity contribution is 6.08. The Morgan fingerprint density at radius 2 is 1.68 bits per heavy atom. The number of likely N-dealkylation sites (tertiary alicyclic amines) is 1. The first-order chi connectivity index (χ1) is 15.1. The third kappa shape index (κ3) is 4.00. The molecule has 1 aliphatic carbocycles. The van der Waals surface area contributed by atoms with E-state index in [2.05, 4.69) is 17.4 Å². The van der Waals surface area contributed by atoms with E-state index in [1.807, 2.05) is 53.4 Å². The van der Waals surface area contributed by atoms with Crippen molar-refractivity contribution < 1.29 is 14.3 Å². The topological polar surface area (TPSA) is 58.6 Å². The summed E-state index contributed by atoms with van der Waals surface area (Å²) in [6, 6.07) is 19.9. The fourth-order valence-corrected chi connectivity index (χ4v) is 4.36. The van der Waals surface area contributed by atoms with E-state index < -0.39 is 0 Å². The van der Waals surface area contributed by atoms with Gasteiger partial charge in [0.15, 0.2) is 0 Å². The smallest absolute Gasteiger partial charge is 0.256 e. The molecule has 0 bridgehead atoms. The molecule has 1 atom stereocenters. The van der Waals surface area contributed by atoms with Crippen molar-refractivity contribution in [3.63, 3.8) is 0 Å². The summed E-state index contributed by atoms with van der Waals surface area (Å²) in [4.78, 5) is 27.9. The number of nitrogens with zero attached hydrogens (tertiary/aromatic N) is 1. The quantitative estimate of drug-likeness (QED) is 0.651. The van der Waals surface area contributed by atoms with Crippen LogP contribution in [0, 0.1) is 5.92 Å². The van der Waals surface area contributed by atoms with Crippen molar-refractivity contribution in [2.24, 2.45) is 5.92 Å². The van der Waals surface area contributed by atoms with E-state index in [9.17, 15) is 9.59 Å². The van der Waals surface area contributed by atoms with Crippen LogP contribution in [0.2, 0.25) is 0 Å². The number of nitrogens with one attached hydrogen (secondary N) is 1. The van der Waals surface area contributed by atoms with Gasteiger partial charge in [-0.1, -0.05) is 36.4 Å². The number of hydrogen-bond donors (Lipinski definition) is 1. The van der Waals surface area contributed by atoms with Gasteiger partial charge in [-0.3, -0.25) is 9.59 Å². The molecule has 1 saturated heterocycles. The molecule has 1 aliphatic heterocycles. The van der Waals surface area contributed by atoms with Gasteiger partial charge in [0.25, 0.3) is 5.91 Å². The number of fused-ring (bicyclic) bond motifs is 1. The van der Waals surface area contributed by atoms with Crippen LogP contribution in [0.15, 0.2) is 60.7 Å². The molecule has 0 radical (unpaired) electrons. The highest BCUT2D eigenvalue weighted by Crippen LogP contribution is 2.34. The van der Waals surface area contributed by atoms with Crippen molar-refractivity contribution in [2.75, 3.05) is 25.5 Å². The van der Waals surface area contributed by atoms with E-state index in [0.717, 1.165) is 35.8 Å². The van der Waals surface area contributed by atoms with Crippen LogP contribution in [0.1, 0.15) is 41.1 Å². The minimum Gasteiger partial charge on any atom is -0.497 e. The average molecular weight is 415 g/mol. The van der Waals surface area contributed by atoms with Crippen LogP contribution in [0.3, 0.4) is 0 Å². The minimum absolute atomic E-state index is 0.0156. The molecule has 3 aromatic rings. The van der Waals surface area contributed by atoms with Crippen molar-refractivity contribution in [2.45, 2.75) is 25.2 Å². The molecule has 1 saturated carbocycles. The lowest BCUT2D eigenvalue weighted by Crippen LogP contribution is -2.29. The first-order valence-corrected chi connectivity index (χ1v) is 10.9. The lowest BCUT2D eigenvalue weighted by Gasteiger charge is -2.20. The molecule has 5 nitrogen and oxygen atoms in total. The Morgan fingerprint density at radius 1 is 0.968 bits per heavy atom. The molecule has 5 heteroatoms. The van der Waals surface area contributed by atoms with Crippen molar-refractivity contribution in [1.29, 1.82) is 0 Å². The predicted molar refractivity (Wildman–Crippen MR) is 122 cm³/mol. The first-order valence-electron chi connectivity index (χ1n) is 10.9. The van der Waals surface area contributed by atoms with Gasteiger partial charge in [0, 0.05) is 24.9 Å². The minimum atomic E-state index is -0.0205. The molecule has 1 unspecified atom stereocenters. The first kappa shape index (κ1) is 19.6. The molecule has 2 aliphatic rings. The van der Waals surface area contributed by atoms with E-state index in [1.165, 1.54) is 5.56 Å². The van der Waals surface area contributed by atoms with Crippen LogP contribution < -0.4 is 10.1 Å². The number of ether oxygens (including phenoxy) is 1. The maximum atomic E-state index is 13.5. The standard InChI is InChI=1S/C26H26N2O3/c1-31-22-10-8-17(9-11-22)21-12-13-28(16-21)26(30)23-14-19-4-2-3-5-20(19)15-24(23)27-25(29)18-6-7-18/h2-5,8-11,14-15,18,21H,6-7,12-13,16H2,1H3,(H,27,29). The van der Waals surface area contributed by atoms with Crippen molar-refractivity contribution >= 4 is 28.3 Å². The molecule has 0 spiro atoms. The summed E-state index contributed by atoms with van der Waals surface area (Å²) in [6.07, 6.45) is 2.78. The van der Waals surface area contributed by atoms with Crippen LogP contribution in [0.25, 0.3) is 10.8 Å². The number of hydrogen-bond acceptors (Lipinski definition) is 3. The van der Waals surface area contributed by atoms with Crippen LogP contribution in [-0.4, -0.2) is 36.9 Å². The largest absolute Gasteiger partial charge is 0.497 e. The fourth-order valence-electron chi connectivity index (χ4n) is 4.36. The number of benzene rings is 3. The number of methoxy groups -OCH3 is 1. The van der Waals surface area contributed by atoms with Gasteiger partial charge >= 0.3 is 0 Å². The molecule has 31 heavy (non-hydrogen) atoms. The molecular weight excluding hydrogens is 388 g/mol. The fraction of sp³-hybridized carbons (Fsp3) is 0.308. The second-order valence-corrected chi connectivity index (χ2v) is 8.52. The van der Waals surface area contributed by atoms with Gasteiger partial charge in [-0.2, -0.15) is 0 Å². The zero-order chi connectivity index (χ0) is 21.4. The third-order valence-electron chi connectivity index (χ3n) is 6.38. The van der Waals surface area contributed by atoms with Gasteiger partial charge < -0.3 is 15.0 Å². The molecule has 2 fully saturated rings. The summed E-state index contributed by atoms with van der Waals surface area (Å²) in [5, 5.41) is 5.04. The molecule has 1 heterocycles. The average Bonchev–Trinajstić information content (AvgIpc) is 3.55. The van der Waals surface area contributed by atoms with E-state index in [-0.39, 0.29) is 17.7 Å². The molecule has 1 N–H and O–H groups in total. The second kappa shape index (κ2) is 8.06. The van der Waals surface area contributed by atoms with E-state index >= 15 is 0 Å². The van der Waals surface area contributed by atoms with Crippen LogP contribution in [-0.2, 0) is 4.79 Å². The lowest BCUT2D eigenvalue weighted by molar-refractivity contribution is -0.117. The van der Waals surface area contributed by atoms with Crippen molar-refractivity contribution in [1.82, 2.24) is 4.90 Å². The van der Waals surface area contributed by atoms with Gasteiger partial charge in [0.1, 0.15) is 5.75 Å². The predicted octanol–water partition coefficient (Wildman–Crippen LogP) is 4.83. The number of carbonyl (C=O) groups is 2. The van der Waals surface area contributed by atoms with Gasteiger partial charge in [-0.25, -0.2) is 0 Å². The van der Waals surface area contributed by atoms with Gasteiger partial charge in [-0.05, 0) is 59.9 Å². The summed E-state index contributed by atoms with van der Waals surface area (Å²) in [7, 11) is 1.66. The van der Waals surface area contributed by atoms with Crippen molar-refractivity contribution in [3.8, 4) is 5.75 Å². The third-order valence-corrected chi connectivity index (χ3v) is 6.38. The van der Waals surface area contributed by atoms with Gasteiger partial charge in [-0.15, -0.1) is 0 Å². The number of rotatable bonds is 5. The summed E-state index contributed by atoms with van der Waals surface area (Å²) in [6.45, 7) is 1.38. The monoisotopic (exact) mass is 414 g/mol. The van der Waals surface area contributed by atoms with Crippen LogP contribution in [0.5, 0.6) is 5.75 Å². The highest BCUT2D eigenvalue weighted by Gasteiger charge is 2.32. The molecule has 0 aromatic heterocycles. The summed E-state index contributed by atoms with van der Waals surface area (Å²) in [5.41, 5.74) is 2.41. The highest BCUT2D eigenvalue weighted by atomic mass is 16.5. The van der Waals surface area contributed by atoms with E-state index in [4.69, 9.17) is 4.74 Å². The zero-order valence-electron chi connectivity index (χ0n) is 17.6. The van der Waals surface area contributed by atoms with E-state index in [1.54, 1.807) is 7.11 Å². The van der Waals surface area contributed by atoms with E-state index in [0.29, 0.717) is 30.3 Å². The summed E-state index contributed by atoms with van der Waals surface area (Å²) < 4.78 is 5.25. The van der Waals surface area contributed by atoms with Crippen molar-refractivity contribution in [3.05, 3.63) is 71.8 Å². The normalized spacial score (nSPS) is 18.2. The van der Waals surface area contributed by atoms with Crippen LogP contribution in [0.4, 0.5) is 5.69 Å². The zero-order valence-corrected chi connectivity index (χ0v) is 17.6. The summed E-state index contributed by atoms with van der Waals surface area (Å²) in [5.74, 6) is 1.22. The number of anilines is 1. The molecule has 2 amide bonds. The number of amides is 2. The Bertz CT molecular complexity index is 1140. The Labute approximate surface area is 182 Å². The lowest BCUT2D eigenvalue weighted by atomic mass is 9.98.